The number of carbonyl (C=O) groups excluding carboxylic acids is 1. The molecule has 23 heavy (non-hydrogen) atoms. The van der Waals surface area contributed by atoms with Gasteiger partial charge in [-0.15, -0.1) is 0 Å². The molecule has 1 aromatic rings. The maximum absolute atomic E-state index is 12.0. The molecule has 1 amide bonds. The fourth-order valence-electron chi connectivity index (χ4n) is 2.43. The molecule has 1 aromatic heterocycles. The lowest BCUT2D eigenvalue weighted by Gasteiger charge is -2.23. The van der Waals surface area contributed by atoms with Gasteiger partial charge in [-0.1, -0.05) is 0 Å². The molecule has 1 fully saturated rings. The minimum Gasteiger partial charge on any atom is -0.478 e. The molecule has 0 aromatic carbocycles. The first-order valence-electron chi connectivity index (χ1n) is 7.81. The number of rotatable bonds is 7. The predicted octanol–water partition coefficient (Wildman–Crippen LogP) is 1.88. The van der Waals surface area contributed by atoms with Crippen molar-refractivity contribution in [3.8, 4) is 0 Å². The third-order valence-electron chi connectivity index (χ3n) is 3.81. The topological polar surface area (TPSA) is 98.0 Å². The highest BCUT2D eigenvalue weighted by Gasteiger charge is 2.19. The van der Waals surface area contributed by atoms with Crippen LogP contribution < -0.4 is 5.32 Å². The number of hydrogen-bond donors (Lipinski definition) is 2. The molecule has 2 heterocycles. The van der Waals surface area contributed by atoms with Gasteiger partial charge in [-0.2, -0.15) is 0 Å². The van der Waals surface area contributed by atoms with Gasteiger partial charge in [0.25, 0.3) is 0 Å². The minimum absolute atomic E-state index is 0.0600. The molecular weight excluding hydrogens is 302 g/mol. The summed E-state index contributed by atoms with van der Waals surface area (Å²) in [4.78, 5) is 22.9. The van der Waals surface area contributed by atoms with Crippen LogP contribution in [0, 0.1) is 6.92 Å². The Morgan fingerprint density at radius 2 is 2.26 bits per heavy atom. The summed E-state index contributed by atoms with van der Waals surface area (Å²) >= 11 is 0. The number of carboxylic acid groups (broad SMARTS) is 1. The summed E-state index contributed by atoms with van der Waals surface area (Å²) in [7, 11) is 0. The fraction of sp³-hybridized carbons (Fsp3) is 0.625. The van der Waals surface area contributed by atoms with Crippen molar-refractivity contribution in [1.82, 2.24) is 5.32 Å². The largest absolute Gasteiger partial charge is 0.478 e. The summed E-state index contributed by atoms with van der Waals surface area (Å²) < 4.78 is 16.4. The van der Waals surface area contributed by atoms with E-state index in [2.05, 4.69) is 5.32 Å². The molecule has 7 nitrogen and oxygen atoms in total. The summed E-state index contributed by atoms with van der Waals surface area (Å²) in [5.41, 5.74) is 0.105. The Kier molecular flexibility index (Phi) is 6.18. The highest BCUT2D eigenvalue weighted by atomic mass is 16.5. The van der Waals surface area contributed by atoms with Crippen molar-refractivity contribution in [2.75, 3.05) is 13.2 Å². The highest BCUT2D eigenvalue weighted by Crippen LogP contribution is 2.15. The van der Waals surface area contributed by atoms with Crippen molar-refractivity contribution in [3.05, 3.63) is 23.2 Å². The van der Waals surface area contributed by atoms with Crippen molar-refractivity contribution in [3.63, 3.8) is 0 Å². The van der Waals surface area contributed by atoms with Gasteiger partial charge in [0.2, 0.25) is 5.91 Å². The first kappa shape index (κ1) is 17.5. The molecule has 1 aliphatic rings. The van der Waals surface area contributed by atoms with Crippen LogP contribution in [0.5, 0.6) is 0 Å². The van der Waals surface area contributed by atoms with E-state index in [0.717, 1.165) is 25.9 Å². The Morgan fingerprint density at radius 1 is 1.48 bits per heavy atom. The van der Waals surface area contributed by atoms with Gasteiger partial charge in [-0.05, 0) is 39.2 Å². The molecule has 0 saturated carbocycles. The number of hydrogen-bond acceptors (Lipinski definition) is 5. The second-order valence-electron chi connectivity index (χ2n) is 5.67. The predicted molar refractivity (Wildman–Crippen MR) is 81.3 cm³/mol. The number of ether oxygens (including phenoxy) is 2. The molecule has 2 atom stereocenters. The number of nitrogens with one attached hydrogen (secondary N) is 1. The molecule has 0 spiro atoms. The van der Waals surface area contributed by atoms with Crippen molar-refractivity contribution in [2.24, 2.45) is 0 Å². The van der Waals surface area contributed by atoms with Crippen LogP contribution in [-0.4, -0.2) is 42.4 Å². The van der Waals surface area contributed by atoms with Crippen molar-refractivity contribution >= 4 is 11.9 Å². The van der Waals surface area contributed by atoms with Gasteiger partial charge >= 0.3 is 5.97 Å². The third kappa shape index (κ3) is 5.07. The van der Waals surface area contributed by atoms with Crippen LogP contribution >= 0.6 is 0 Å². The molecule has 1 saturated heterocycles. The standard InChI is InChI=1S/C16H23NO6/c1-10-14(16(19)20)7-13(23-10)8-17-15(18)11(2)22-9-12-5-3-4-6-21-12/h7,11-12H,3-6,8-9H2,1-2H3,(H,17,18)(H,19,20). The van der Waals surface area contributed by atoms with Gasteiger partial charge in [-0.3, -0.25) is 4.79 Å². The van der Waals surface area contributed by atoms with Crippen LogP contribution in [0.4, 0.5) is 0 Å². The van der Waals surface area contributed by atoms with E-state index in [-0.39, 0.29) is 24.1 Å². The lowest BCUT2D eigenvalue weighted by atomic mass is 10.1. The van der Waals surface area contributed by atoms with E-state index in [1.807, 2.05) is 0 Å². The summed E-state index contributed by atoms with van der Waals surface area (Å²) in [5, 5.41) is 11.6. The van der Waals surface area contributed by atoms with Gasteiger partial charge < -0.3 is 24.3 Å². The number of carbonyl (C=O) groups is 2. The molecule has 128 valence electrons. The first-order chi connectivity index (χ1) is 11.0. The van der Waals surface area contributed by atoms with Crippen LogP contribution in [0.15, 0.2) is 10.5 Å². The Bertz CT molecular complexity index is 547. The number of amides is 1. The molecule has 0 aliphatic carbocycles. The molecule has 0 bridgehead atoms. The average molecular weight is 325 g/mol. The Labute approximate surface area is 134 Å². The van der Waals surface area contributed by atoms with E-state index in [4.69, 9.17) is 19.0 Å². The SMILES string of the molecule is Cc1oc(CNC(=O)C(C)OCC2CCCCO2)cc1C(=O)O. The van der Waals surface area contributed by atoms with E-state index < -0.39 is 12.1 Å². The second-order valence-corrected chi connectivity index (χ2v) is 5.67. The van der Waals surface area contributed by atoms with Gasteiger partial charge in [0.1, 0.15) is 23.2 Å². The van der Waals surface area contributed by atoms with E-state index in [9.17, 15) is 9.59 Å². The first-order valence-corrected chi connectivity index (χ1v) is 7.81. The van der Waals surface area contributed by atoms with E-state index in [1.165, 1.54) is 6.07 Å². The third-order valence-corrected chi connectivity index (χ3v) is 3.81. The van der Waals surface area contributed by atoms with Gasteiger partial charge in [0, 0.05) is 6.61 Å². The Morgan fingerprint density at radius 3 is 2.87 bits per heavy atom. The van der Waals surface area contributed by atoms with Crippen LogP contribution in [0.1, 0.15) is 48.1 Å². The molecule has 2 rings (SSSR count). The maximum atomic E-state index is 12.0. The zero-order chi connectivity index (χ0) is 16.8. The molecule has 2 N–H and O–H groups in total. The molecule has 2 unspecified atom stereocenters. The lowest BCUT2D eigenvalue weighted by molar-refractivity contribution is -0.135. The second kappa shape index (κ2) is 8.12. The van der Waals surface area contributed by atoms with Gasteiger partial charge in [0.05, 0.1) is 19.3 Å². The smallest absolute Gasteiger partial charge is 0.339 e. The van der Waals surface area contributed by atoms with E-state index in [1.54, 1.807) is 13.8 Å². The Hall–Kier alpha value is -1.86. The molecule has 0 radical (unpaired) electrons. The van der Waals surface area contributed by atoms with E-state index in [0.29, 0.717) is 18.1 Å². The summed E-state index contributed by atoms with van der Waals surface area (Å²) in [6.45, 7) is 4.52. The van der Waals surface area contributed by atoms with Crippen LogP contribution in [-0.2, 0) is 20.8 Å². The van der Waals surface area contributed by atoms with Crippen molar-refractivity contribution < 1.29 is 28.6 Å². The normalized spacial score (nSPS) is 19.3. The van der Waals surface area contributed by atoms with Crippen LogP contribution in [0.2, 0.25) is 0 Å². The van der Waals surface area contributed by atoms with Gasteiger partial charge in [-0.25, -0.2) is 4.79 Å². The quantitative estimate of drug-likeness (QED) is 0.794. The maximum Gasteiger partial charge on any atom is 0.339 e. The van der Waals surface area contributed by atoms with Crippen LogP contribution in [0.3, 0.4) is 0 Å². The number of furan rings is 1. The molecule has 1 aliphatic heterocycles. The summed E-state index contributed by atoms with van der Waals surface area (Å²) in [6, 6.07) is 1.42. The average Bonchev–Trinajstić information content (AvgIpc) is 2.92. The number of aryl methyl sites for hydroxylation is 1. The summed E-state index contributed by atoms with van der Waals surface area (Å²) in [5.74, 6) is -0.601. The highest BCUT2D eigenvalue weighted by molar-refractivity contribution is 5.88. The zero-order valence-corrected chi connectivity index (χ0v) is 13.5. The Balaban J connectivity index is 1.75. The monoisotopic (exact) mass is 325 g/mol. The molecular formula is C16H23NO6. The zero-order valence-electron chi connectivity index (χ0n) is 13.5. The van der Waals surface area contributed by atoms with Gasteiger partial charge in [0.15, 0.2) is 0 Å². The van der Waals surface area contributed by atoms with Crippen LogP contribution in [0.25, 0.3) is 0 Å². The lowest BCUT2D eigenvalue weighted by Crippen LogP contribution is -2.36. The number of aromatic carboxylic acids is 1. The van der Waals surface area contributed by atoms with Crippen molar-refractivity contribution in [1.29, 1.82) is 0 Å². The fourth-order valence-corrected chi connectivity index (χ4v) is 2.43. The summed E-state index contributed by atoms with van der Waals surface area (Å²) in [6.07, 6.45) is 2.62. The van der Waals surface area contributed by atoms with Crippen molar-refractivity contribution in [2.45, 2.75) is 51.9 Å². The minimum atomic E-state index is -1.05. The van der Waals surface area contributed by atoms with E-state index >= 15 is 0 Å². The number of carboxylic acids is 1. The molecule has 7 heteroatoms.